The lowest BCUT2D eigenvalue weighted by molar-refractivity contribution is 0.102. The van der Waals surface area contributed by atoms with Crippen LogP contribution in [0.4, 0.5) is 5.69 Å². The Kier molecular flexibility index (Phi) is 3.31. The predicted molar refractivity (Wildman–Crippen MR) is 85.6 cm³/mol. The van der Waals surface area contributed by atoms with Gasteiger partial charge >= 0.3 is 0 Å². The second-order valence-corrected chi connectivity index (χ2v) is 5.38. The monoisotopic (exact) mass is 329 g/mol. The topological polar surface area (TPSA) is 64.9 Å². The molecule has 0 spiro atoms. The van der Waals surface area contributed by atoms with Gasteiger partial charge in [0.1, 0.15) is 13.2 Å². The van der Waals surface area contributed by atoms with Gasteiger partial charge in [-0.25, -0.2) is 4.52 Å². The molecule has 0 aliphatic carbocycles. The van der Waals surface area contributed by atoms with Crippen LogP contribution in [0.5, 0.6) is 11.5 Å². The summed E-state index contributed by atoms with van der Waals surface area (Å²) < 4.78 is 12.5. The molecule has 23 heavy (non-hydrogen) atoms. The van der Waals surface area contributed by atoms with Crippen LogP contribution in [0.3, 0.4) is 0 Å². The molecule has 0 fully saturated rings. The third-order valence-electron chi connectivity index (χ3n) is 3.49. The van der Waals surface area contributed by atoms with Gasteiger partial charge < -0.3 is 14.8 Å². The van der Waals surface area contributed by atoms with Crippen molar-refractivity contribution in [3.05, 3.63) is 53.3 Å². The summed E-state index contributed by atoms with van der Waals surface area (Å²) in [7, 11) is 0. The summed E-state index contributed by atoms with van der Waals surface area (Å²) >= 11 is 6.24. The Bertz CT molecular complexity index is 907. The molecule has 116 valence electrons. The van der Waals surface area contributed by atoms with Crippen molar-refractivity contribution in [1.29, 1.82) is 0 Å². The predicted octanol–water partition coefficient (Wildman–Crippen LogP) is 3.01. The van der Waals surface area contributed by atoms with Crippen molar-refractivity contribution in [2.24, 2.45) is 0 Å². The number of hydrogen-bond acceptors (Lipinski definition) is 4. The van der Waals surface area contributed by atoms with Gasteiger partial charge in [-0.3, -0.25) is 4.79 Å². The lowest BCUT2D eigenvalue weighted by Crippen LogP contribution is -2.16. The lowest BCUT2D eigenvalue weighted by atomic mass is 10.2. The molecule has 7 heteroatoms. The fraction of sp³-hybridized carbons (Fsp3) is 0.125. The van der Waals surface area contributed by atoms with E-state index in [-0.39, 0.29) is 11.6 Å². The van der Waals surface area contributed by atoms with Gasteiger partial charge in [0.15, 0.2) is 17.2 Å². The number of rotatable bonds is 2. The number of hydrogen-bond donors (Lipinski definition) is 1. The Labute approximate surface area is 136 Å². The van der Waals surface area contributed by atoms with Crippen LogP contribution in [0.25, 0.3) is 5.52 Å². The van der Waals surface area contributed by atoms with E-state index in [9.17, 15) is 4.79 Å². The highest BCUT2D eigenvalue weighted by molar-refractivity contribution is 6.37. The van der Waals surface area contributed by atoms with E-state index in [1.54, 1.807) is 35.0 Å². The van der Waals surface area contributed by atoms with E-state index < -0.39 is 0 Å². The number of fused-ring (bicyclic) bond motifs is 2. The molecule has 1 aromatic carbocycles. The van der Waals surface area contributed by atoms with Crippen molar-refractivity contribution in [3.63, 3.8) is 0 Å². The highest BCUT2D eigenvalue weighted by Gasteiger charge is 2.19. The molecule has 0 unspecified atom stereocenters. The van der Waals surface area contributed by atoms with Gasteiger partial charge in [0.05, 0.1) is 10.5 Å². The summed E-state index contributed by atoms with van der Waals surface area (Å²) in [5.41, 5.74) is 1.45. The number of nitrogens with one attached hydrogen (secondary N) is 1. The quantitative estimate of drug-likeness (QED) is 0.785. The summed E-state index contributed by atoms with van der Waals surface area (Å²) in [5, 5.41) is 7.31. The molecular weight excluding hydrogens is 318 g/mol. The van der Waals surface area contributed by atoms with Crippen LogP contribution in [0.15, 0.2) is 42.6 Å². The fourth-order valence-electron chi connectivity index (χ4n) is 2.42. The Hall–Kier alpha value is -2.73. The standard InChI is InChI=1S/C16H12ClN3O3/c17-14-11-3-1-2-6-20(11)19-15(14)16(21)18-10-4-5-12-13(9-10)23-8-7-22-12/h1-6,9H,7-8H2,(H,18,21). The highest BCUT2D eigenvalue weighted by atomic mass is 35.5. The number of carbonyl (C=O) groups is 1. The zero-order valence-corrected chi connectivity index (χ0v) is 12.7. The van der Waals surface area contributed by atoms with Gasteiger partial charge in [-0.15, -0.1) is 0 Å². The minimum atomic E-state index is -0.379. The summed E-state index contributed by atoms with van der Waals surface area (Å²) in [6.45, 7) is 1.01. The van der Waals surface area contributed by atoms with Crippen LogP contribution >= 0.6 is 11.6 Å². The van der Waals surface area contributed by atoms with Crippen molar-refractivity contribution in [3.8, 4) is 11.5 Å². The maximum Gasteiger partial charge on any atom is 0.277 e. The molecule has 0 bridgehead atoms. The first-order valence-electron chi connectivity index (χ1n) is 7.06. The Morgan fingerprint density at radius 1 is 1.17 bits per heavy atom. The molecule has 1 aliphatic heterocycles. The first-order valence-corrected chi connectivity index (χ1v) is 7.44. The molecule has 1 N–H and O–H groups in total. The molecule has 1 amide bonds. The summed E-state index contributed by atoms with van der Waals surface area (Å²) in [6.07, 6.45) is 1.74. The zero-order chi connectivity index (χ0) is 15.8. The van der Waals surface area contributed by atoms with Crippen LogP contribution in [0.2, 0.25) is 5.02 Å². The normalized spacial score (nSPS) is 13.1. The van der Waals surface area contributed by atoms with Gasteiger partial charge in [-0.05, 0) is 24.3 Å². The number of anilines is 1. The Balaban J connectivity index is 1.63. The van der Waals surface area contributed by atoms with E-state index in [2.05, 4.69) is 10.4 Å². The van der Waals surface area contributed by atoms with E-state index in [1.807, 2.05) is 12.1 Å². The molecule has 0 radical (unpaired) electrons. The molecule has 1 aliphatic rings. The number of pyridine rings is 1. The van der Waals surface area contributed by atoms with E-state index >= 15 is 0 Å². The molecular formula is C16H12ClN3O3. The summed E-state index contributed by atoms with van der Waals surface area (Å²) in [5.74, 6) is 0.894. The number of ether oxygens (including phenoxy) is 2. The molecule has 3 aromatic rings. The van der Waals surface area contributed by atoms with Crippen LogP contribution in [-0.2, 0) is 0 Å². The third-order valence-corrected chi connectivity index (χ3v) is 3.87. The lowest BCUT2D eigenvalue weighted by Gasteiger charge is -2.18. The second-order valence-electron chi connectivity index (χ2n) is 5.01. The van der Waals surface area contributed by atoms with Crippen LogP contribution in [0, 0.1) is 0 Å². The molecule has 4 rings (SSSR count). The minimum absolute atomic E-state index is 0.174. The second kappa shape index (κ2) is 5.48. The van der Waals surface area contributed by atoms with Gasteiger partial charge in [0.2, 0.25) is 0 Å². The molecule has 0 saturated carbocycles. The number of benzene rings is 1. The summed E-state index contributed by atoms with van der Waals surface area (Å²) in [4.78, 5) is 12.4. The number of carbonyl (C=O) groups excluding carboxylic acids is 1. The SMILES string of the molecule is O=C(Nc1ccc2c(c1)OCCO2)c1nn2ccccc2c1Cl. The van der Waals surface area contributed by atoms with Crippen LogP contribution in [-0.4, -0.2) is 28.7 Å². The van der Waals surface area contributed by atoms with Crippen LogP contribution in [0.1, 0.15) is 10.5 Å². The zero-order valence-electron chi connectivity index (χ0n) is 12.0. The average Bonchev–Trinajstić information content (AvgIpc) is 2.92. The number of halogens is 1. The van der Waals surface area contributed by atoms with Crippen molar-refractivity contribution >= 4 is 28.7 Å². The van der Waals surface area contributed by atoms with E-state index in [0.29, 0.717) is 40.9 Å². The molecule has 0 saturated heterocycles. The van der Waals surface area contributed by atoms with Crippen molar-refractivity contribution in [2.45, 2.75) is 0 Å². The van der Waals surface area contributed by atoms with E-state index in [0.717, 1.165) is 0 Å². The molecule has 2 aromatic heterocycles. The number of nitrogens with zero attached hydrogens (tertiary/aromatic N) is 2. The van der Waals surface area contributed by atoms with E-state index in [4.69, 9.17) is 21.1 Å². The smallest absolute Gasteiger partial charge is 0.277 e. The van der Waals surface area contributed by atoms with Crippen molar-refractivity contribution in [1.82, 2.24) is 9.61 Å². The van der Waals surface area contributed by atoms with Crippen molar-refractivity contribution in [2.75, 3.05) is 18.5 Å². The molecule has 6 nitrogen and oxygen atoms in total. The van der Waals surface area contributed by atoms with Crippen molar-refractivity contribution < 1.29 is 14.3 Å². The van der Waals surface area contributed by atoms with Gasteiger partial charge in [-0.1, -0.05) is 17.7 Å². The first-order chi connectivity index (χ1) is 11.2. The van der Waals surface area contributed by atoms with Gasteiger partial charge in [0.25, 0.3) is 5.91 Å². The number of amides is 1. The molecule has 0 atom stereocenters. The summed E-state index contributed by atoms with van der Waals surface area (Å²) in [6, 6.07) is 10.7. The van der Waals surface area contributed by atoms with Gasteiger partial charge in [0, 0.05) is 18.0 Å². The first kappa shape index (κ1) is 13.9. The molecule has 3 heterocycles. The Morgan fingerprint density at radius 3 is 2.83 bits per heavy atom. The van der Waals surface area contributed by atoms with Gasteiger partial charge in [-0.2, -0.15) is 5.10 Å². The maximum absolute atomic E-state index is 12.4. The Morgan fingerprint density at radius 2 is 2.00 bits per heavy atom. The highest BCUT2D eigenvalue weighted by Crippen LogP contribution is 2.33. The van der Waals surface area contributed by atoms with Crippen LogP contribution < -0.4 is 14.8 Å². The maximum atomic E-state index is 12.4. The fourth-order valence-corrected chi connectivity index (χ4v) is 2.70. The number of aromatic nitrogens is 2. The largest absolute Gasteiger partial charge is 0.486 e. The average molecular weight is 330 g/mol. The van der Waals surface area contributed by atoms with E-state index in [1.165, 1.54) is 0 Å². The third kappa shape index (κ3) is 2.47. The minimum Gasteiger partial charge on any atom is -0.486 e.